The van der Waals surface area contributed by atoms with Crippen LogP contribution in [0, 0.1) is 0 Å². The highest BCUT2D eigenvalue weighted by Crippen LogP contribution is 2.06. The number of rotatable bonds is 6. The Morgan fingerprint density at radius 3 is 2.75 bits per heavy atom. The fourth-order valence-corrected chi connectivity index (χ4v) is 0.729. The summed E-state index contributed by atoms with van der Waals surface area (Å²) in [5.74, 6) is -0.302. The molecule has 0 bridgehead atoms. The molecule has 0 aliphatic rings. The zero-order chi connectivity index (χ0) is 9.40. The Hall–Kier alpha value is -1.05. The van der Waals surface area contributed by atoms with Gasteiger partial charge in [0.15, 0.2) is 0 Å². The van der Waals surface area contributed by atoms with Crippen molar-refractivity contribution < 1.29 is 9.53 Å². The van der Waals surface area contributed by atoms with E-state index in [1.165, 1.54) is 0 Å². The molecule has 0 saturated heterocycles. The smallest absolute Gasteiger partial charge is 0.333 e. The van der Waals surface area contributed by atoms with Gasteiger partial charge >= 0.3 is 5.97 Å². The number of carbonyl (C=O) groups excluding carboxylic acids is 1. The lowest BCUT2D eigenvalue weighted by molar-refractivity contribution is -0.137. The molecular weight excluding hydrogens is 152 g/mol. The summed E-state index contributed by atoms with van der Waals surface area (Å²) in [6.45, 7) is 9.42. The van der Waals surface area contributed by atoms with Crippen molar-refractivity contribution in [2.75, 3.05) is 6.61 Å². The van der Waals surface area contributed by atoms with Crippen molar-refractivity contribution >= 4 is 5.97 Å². The van der Waals surface area contributed by atoms with Crippen LogP contribution in [0.2, 0.25) is 0 Å². The van der Waals surface area contributed by atoms with E-state index in [9.17, 15) is 4.79 Å². The molecule has 0 aromatic rings. The molecule has 0 aliphatic heterocycles. The first-order valence-electron chi connectivity index (χ1n) is 4.18. The number of ether oxygens (including phenoxy) is 1. The van der Waals surface area contributed by atoms with Gasteiger partial charge < -0.3 is 4.74 Å². The summed E-state index contributed by atoms with van der Waals surface area (Å²) < 4.78 is 4.79. The molecule has 0 N–H and O–H groups in total. The second-order valence-electron chi connectivity index (χ2n) is 2.59. The lowest BCUT2D eigenvalue weighted by Gasteiger charge is -2.03. The molecule has 2 heteroatoms. The minimum atomic E-state index is -0.302. The summed E-state index contributed by atoms with van der Waals surface area (Å²) in [6, 6.07) is 0. The van der Waals surface area contributed by atoms with Gasteiger partial charge in [-0.1, -0.05) is 32.6 Å². The molecule has 0 saturated carbocycles. The van der Waals surface area contributed by atoms with Gasteiger partial charge in [0.2, 0.25) is 0 Å². The fraction of sp³-hybridized carbons (Fsp3) is 0.500. The number of hydrogen-bond donors (Lipinski definition) is 0. The van der Waals surface area contributed by atoms with Gasteiger partial charge in [-0.15, -0.1) is 0 Å². The Morgan fingerprint density at radius 1 is 1.58 bits per heavy atom. The van der Waals surface area contributed by atoms with Gasteiger partial charge in [0, 0.05) is 5.57 Å². The summed E-state index contributed by atoms with van der Waals surface area (Å²) in [7, 11) is 0. The van der Waals surface area contributed by atoms with Crippen LogP contribution in [-0.4, -0.2) is 12.6 Å². The monoisotopic (exact) mass is 168 g/mol. The van der Waals surface area contributed by atoms with Crippen LogP contribution in [0.15, 0.2) is 24.8 Å². The van der Waals surface area contributed by atoms with Crippen molar-refractivity contribution in [3.8, 4) is 0 Å². The van der Waals surface area contributed by atoms with Crippen LogP contribution in [0.5, 0.6) is 0 Å². The zero-order valence-electron chi connectivity index (χ0n) is 7.64. The summed E-state index contributed by atoms with van der Waals surface area (Å²) in [5.41, 5.74) is 0.554. The Balaban J connectivity index is 3.61. The van der Waals surface area contributed by atoms with Crippen molar-refractivity contribution in [3.05, 3.63) is 24.8 Å². The molecule has 0 rings (SSSR count). The highest BCUT2D eigenvalue weighted by molar-refractivity contribution is 5.87. The standard InChI is InChI=1S/C10H16O2/c1-4-6-7-9(3)10(11)12-8-5-2/h5H,2-4,6-8H2,1H3. The van der Waals surface area contributed by atoms with Gasteiger partial charge in [-0.2, -0.15) is 0 Å². The Labute approximate surface area is 73.9 Å². The minimum absolute atomic E-state index is 0.268. The van der Waals surface area contributed by atoms with Crippen molar-refractivity contribution in [2.24, 2.45) is 0 Å². The van der Waals surface area contributed by atoms with Gasteiger partial charge in [-0.25, -0.2) is 4.79 Å². The van der Waals surface area contributed by atoms with Gasteiger partial charge in [0.05, 0.1) is 0 Å². The van der Waals surface area contributed by atoms with E-state index >= 15 is 0 Å². The second kappa shape index (κ2) is 6.65. The molecule has 0 radical (unpaired) electrons. The molecule has 0 amide bonds. The van der Waals surface area contributed by atoms with E-state index < -0.39 is 0 Å². The molecule has 0 atom stereocenters. The first-order valence-corrected chi connectivity index (χ1v) is 4.18. The third kappa shape index (κ3) is 4.72. The van der Waals surface area contributed by atoms with E-state index in [4.69, 9.17) is 4.74 Å². The lowest BCUT2D eigenvalue weighted by Crippen LogP contribution is -2.06. The van der Waals surface area contributed by atoms with Crippen molar-refractivity contribution in [1.82, 2.24) is 0 Å². The van der Waals surface area contributed by atoms with Crippen molar-refractivity contribution in [2.45, 2.75) is 26.2 Å². The Kier molecular flexibility index (Phi) is 6.07. The van der Waals surface area contributed by atoms with Crippen LogP contribution in [0.1, 0.15) is 26.2 Å². The SMILES string of the molecule is C=CCOC(=O)C(=C)CCCC. The molecule has 0 aliphatic carbocycles. The van der Waals surface area contributed by atoms with Crippen LogP contribution in [0.3, 0.4) is 0 Å². The quantitative estimate of drug-likeness (QED) is 0.346. The average Bonchev–Trinajstić information content (AvgIpc) is 2.10. The van der Waals surface area contributed by atoms with Crippen molar-refractivity contribution in [1.29, 1.82) is 0 Å². The molecule has 0 aromatic heterocycles. The van der Waals surface area contributed by atoms with E-state index in [1.54, 1.807) is 6.08 Å². The summed E-state index contributed by atoms with van der Waals surface area (Å²) in [6.07, 6.45) is 4.33. The van der Waals surface area contributed by atoms with E-state index in [0.717, 1.165) is 19.3 Å². The molecule has 68 valence electrons. The Morgan fingerprint density at radius 2 is 2.25 bits per heavy atom. The van der Waals surface area contributed by atoms with Crippen LogP contribution >= 0.6 is 0 Å². The van der Waals surface area contributed by atoms with Gasteiger partial charge in [-0.05, 0) is 12.8 Å². The fourth-order valence-electron chi connectivity index (χ4n) is 0.729. The maximum Gasteiger partial charge on any atom is 0.333 e. The maximum atomic E-state index is 11.0. The van der Waals surface area contributed by atoms with Crippen molar-refractivity contribution in [3.63, 3.8) is 0 Å². The molecule has 0 fully saturated rings. The minimum Gasteiger partial charge on any atom is -0.458 e. The molecule has 0 heterocycles. The van der Waals surface area contributed by atoms with E-state index in [0.29, 0.717) is 5.57 Å². The maximum absolute atomic E-state index is 11.0. The highest BCUT2D eigenvalue weighted by atomic mass is 16.5. The predicted molar refractivity (Wildman–Crippen MR) is 49.8 cm³/mol. The topological polar surface area (TPSA) is 26.3 Å². The number of hydrogen-bond acceptors (Lipinski definition) is 2. The molecule has 2 nitrogen and oxygen atoms in total. The third-order valence-corrected chi connectivity index (χ3v) is 1.45. The molecule has 0 spiro atoms. The molecular formula is C10H16O2. The van der Waals surface area contributed by atoms with Crippen LogP contribution < -0.4 is 0 Å². The summed E-state index contributed by atoms with van der Waals surface area (Å²) >= 11 is 0. The zero-order valence-corrected chi connectivity index (χ0v) is 7.64. The van der Waals surface area contributed by atoms with Crippen LogP contribution in [-0.2, 0) is 9.53 Å². The van der Waals surface area contributed by atoms with Gasteiger partial charge in [0.1, 0.15) is 6.61 Å². The van der Waals surface area contributed by atoms with Gasteiger partial charge in [0.25, 0.3) is 0 Å². The molecule has 0 aromatic carbocycles. The normalized spacial score (nSPS) is 9.08. The lowest BCUT2D eigenvalue weighted by atomic mass is 10.1. The highest BCUT2D eigenvalue weighted by Gasteiger charge is 2.05. The second-order valence-corrected chi connectivity index (χ2v) is 2.59. The molecule has 0 unspecified atom stereocenters. The van der Waals surface area contributed by atoms with E-state index in [-0.39, 0.29) is 12.6 Å². The van der Waals surface area contributed by atoms with Gasteiger partial charge in [-0.3, -0.25) is 0 Å². The summed E-state index contributed by atoms with van der Waals surface area (Å²) in [5, 5.41) is 0. The Bertz CT molecular complexity index is 171. The largest absolute Gasteiger partial charge is 0.458 e. The van der Waals surface area contributed by atoms with Crippen LogP contribution in [0.25, 0.3) is 0 Å². The number of unbranched alkanes of at least 4 members (excludes halogenated alkanes) is 1. The summed E-state index contributed by atoms with van der Waals surface area (Å²) in [4.78, 5) is 11.0. The first kappa shape index (κ1) is 11.0. The predicted octanol–water partition coefficient (Wildman–Crippen LogP) is 2.46. The number of carbonyl (C=O) groups is 1. The van der Waals surface area contributed by atoms with Crippen LogP contribution in [0.4, 0.5) is 0 Å². The first-order chi connectivity index (χ1) is 5.72. The van der Waals surface area contributed by atoms with E-state index in [1.807, 2.05) is 0 Å². The van der Waals surface area contributed by atoms with E-state index in [2.05, 4.69) is 20.1 Å². The average molecular weight is 168 g/mol. The molecule has 12 heavy (non-hydrogen) atoms. The third-order valence-electron chi connectivity index (χ3n) is 1.45. The number of esters is 1.